The predicted octanol–water partition coefficient (Wildman–Crippen LogP) is 1.20. The van der Waals surface area contributed by atoms with Crippen LogP contribution >= 0.6 is 11.6 Å². The Morgan fingerprint density at radius 3 is 2.93 bits per heavy atom. The standard InChI is InChI=1S/C19H19ClFN5O4/c1-24-12-4-2-3-7-25(12)26-9-11(15(27)16(28)14(26)19(24)30)18(29)23-8-10-5-6-22-17(20)13(10)21/h5-6,9,12,28H,2-4,7-8H2,1H3,(H,23,29)/t12-/m0/s1. The molecule has 0 spiro atoms. The summed E-state index contributed by atoms with van der Waals surface area (Å²) in [6, 6.07) is 1.35. The Labute approximate surface area is 175 Å². The van der Waals surface area contributed by atoms with Crippen LogP contribution < -0.4 is 15.8 Å². The Kier molecular flexibility index (Phi) is 5.10. The minimum atomic E-state index is -0.968. The molecule has 0 saturated carbocycles. The molecule has 4 heterocycles. The van der Waals surface area contributed by atoms with Gasteiger partial charge in [-0.05, 0) is 25.3 Å². The minimum Gasteiger partial charge on any atom is -0.502 e. The largest absolute Gasteiger partial charge is 0.502 e. The van der Waals surface area contributed by atoms with Gasteiger partial charge in [-0.1, -0.05) is 11.6 Å². The van der Waals surface area contributed by atoms with Gasteiger partial charge in [0.05, 0.1) is 0 Å². The molecule has 2 aromatic rings. The summed E-state index contributed by atoms with van der Waals surface area (Å²) in [6.07, 6.45) is 4.86. The number of fused-ring (bicyclic) bond motifs is 3. The van der Waals surface area contributed by atoms with Gasteiger partial charge < -0.3 is 15.3 Å². The first-order valence-electron chi connectivity index (χ1n) is 9.41. The highest BCUT2D eigenvalue weighted by Gasteiger charge is 2.39. The van der Waals surface area contributed by atoms with Gasteiger partial charge in [0.15, 0.2) is 22.4 Å². The van der Waals surface area contributed by atoms with Crippen LogP contribution in [0.15, 0.2) is 23.3 Å². The van der Waals surface area contributed by atoms with Gasteiger partial charge in [-0.2, -0.15) is 0 Å². The smallest absolute Gasteiger partial charge is 0.277 e. The number of aromatic hydroxyl groups is 1. The highest BCUT2D eigenvalue weighted by molar-refractivity contribution is 6.29. The van der Waals surface area contributed by atoms with Crippen molar-refractivity contribution in [1.82, 2.24) is 19.9 Å². The highest BCUT2D eigenvalue weighted by atomic mass is 35.5. The molecule has 30 heavy (non-hydrogen) atoms. The molecular formula is C19H19ClFN5O4. The summed E-state index contributed by atoms with van der Waals surface area (Å²) in [5.74, 6) is -2.86. The number of carbonyl (C=O) groups is 2. The molecule has 0 bridgehead atoms. The Hall–Kier alpha value is -3.14. The van der Waals surface area contributed by atoms with Gasteiger partial charge in [0.25, 0.3) is 11.8 Å². The first-order valence-corrected chi connectivity index (χ1v) is 9.79. The molecule has 2 aliphatic rings. The first-order chi connectivity index (χ1) is 14.3. The van der Waals surface area contributed by atoms with Gasteiger partial charge in [0.2, 0.25) is 5.43 Å². The maximum atomic E-state index is 14.0. The van der Waals surface area contributed by atoms with Gasteiger partial charge in [-0.3, -0.25) is 24.1 Å². The fourth-order valence-corrected chi connectivity index (χ4v) is 4.04. The lowest BCUT2D eigenvalue weighted by atomic mass is 10.1. The third-order valence-corrected chi connectivity index (χ3v) is 5.73. The molecule has 0 aromatic carbocycles. The first kappa shape index (κ1) is 20.1. The molecule has 0 radical (unpaired) electrons. The van der Waals surface area contributed by atoms with Crippen LogP contribution in [0.2, 0.25) is 5.15 Å². The summed E-state index contributed by atoms with van der Waals surface area (Å²) >= 11 is 5.64. The fraction of sp³-hybridized carbons (Fsp3) is 0.368. The molecule has 1 atom stereocenters. The van der Waals surface area contributed by atoms with Crippen molar-refractivity contribution in [3.63, 3.8) is 0 Å². The number of carbonyl (C=O) groups excluding carboxylic acids is 2. The molecule has 1 saturated heterocycles. The minimum absolute atomic E-state index is 0.0959. The van der Waals surface area contributed by atoms with Gasteiger partial charge >= 0.3 is 0 Å². The van der Waals surface area contributed by atoms with Crippen molar-refractivity contribution in [2.24, 2.45) is 0 Å². The number of aromatic nitrogens is 2. The van der Waals surface area contributed by atoms with Crippen molar-refractivity contribution < 1.29 is 19.1 Å². The van der Waals surface area contributed by atoms with E-state index >= 15 is 0 Å². The van der Waals surface area contributed by atoms with Crippen LogP contribution in [0, 0.1) is 5.82 Å². The zero-order chi connectivity index (χ0) is 21.6. The highest BCUT2D eigenvalue weighted by Crippen LogP contribution is 2.28. The van der Waals surface area contributed by atoms with E-state index in [1.807, 2.05) is 5.01 Å². The third kappa shape index (κ3) is 3.17. The molecule has 9 nitrogen and oxygen atoms in total. The summed E-state index contributed by atoms with van der Waals surface area (Å²) in [7, 11) is 1.62. The molecular weight excluding hydrogens is 417 g/mol. The Balaban J connectivity index is 1.69. The lowest BCUT2D eigenvalue weighted by Gasteiger charge is -2.47. The summed E-state index contributed by atoms with van der Waals surface area (Å²) in [6.45, 7) is 0.363. The number of rotatable bonds is 3. The van der Waals surface area contributed by atoms with E-state index in [0.29, 0.717) is 6.54 Å². The lowest BCUT2D eigenvalue weighted by Crippen LogP contribution is -2.61. The van der Waals surface area contributed by atoms with E-state index in [1.54, 1.807) is 7.05 Å². The van der Waals surface area contributed by atoms with Crippen LogP contribution in [-0.4, -0.2) is 51.2 Å². The normalized spacial score (nSPS) is 18.1. The van der Waals surface area contributed by atoms with E-state index in [0.717, 1.165) is 19.3 Å². The average Bonchev–Trinajstić information content (AvgIpc) is 2.74. The molecule has 2 amide bonds. The molecule has 0 aliphatic carbocycles. The number of hydrogen-bond donors (Lipinski definition) is 2. The SMILES string of the molecule is CN1C(=O)c2c(O)c(=O)c(C(=O)NCc3ccnc(Cl)c3F)cn2N2CCCC[C@@H]12. The van der Waals surface area contributed by atoms with E-state index < -0.39 is 28.8 Å². The second kappa shape index (κ2) is 7.60. The second-order valence-corrected chi connectivity index (χ2v) is 7.58. The molecule has 2 aromatic heterocycles. The topological polar surface area (TPSA) is 108 Å². The average molecular weight is 436 g/mol. The Bertz CT molecular complexity index is 1110. The van der Waals surface area contributed by atoms with Gasteiger partial charge in [-0.25, -0.2) is 9.37 Å². The zero-order valence-corrected chi connectivity index (χ0v) is 16.8. The van der Waals surface area contributed by atoms with Crippen LogP contribution in [0.1, 0.15) is 45.7 Å². The molecule has 4 rings (SSSR count). The van der Waals surface area contributed by atoms with Crippen molar-refractivity contribution in [3.05, 3.63) is 56.5 Å². The quantitative estimate of drug-likeness (QED) is 0.701. The van der Waals surface area contributed by atoms with E-state index in [4.69, 9.17) is 11.6 Å². The Morgan fingerprint density at radius 1 is 1.40 bits per heavy atom. The van der Waals surface area contributed by atoms with Crippen molar-refractivity contribution in [2.75, 3.05) is 18.6 Å². The fourth-order valence-electron chi connectivity index (χ4n) is 3.86. The van der Waals surface area contributed by atoms with Crippen LogP contribution in [0.5, 0.6) is 5.75 Å². The lowest BCUT2D eigenvalue weighted by molar-refractivity contribution is 0.0591. The maximum Gasteiger partial charge on any atom is 0.277 e. The molecule has 1 fully saturated rings. The van der Waals surface area contributed by atoms with Crippen LogP contribution in [0.3, 0.4) is 0 Å². The molecule has 2 aliphatic heterocycles. The maximum absolute atomic E-state index is 14.0. The third-order valence-electron chi connectivity index (χ3n) is 5.47. The van der Waals surface area contributed by atoms with E-state index in [9.17, 15) is 23.9 Å². The summed E-state index contributed by atoms with van der Waals surface area (Å²) in [5, 5.41) is 14.4. The van der Waals surface area contributed by atoms with Crippen LogP contribution in [0.4, 0.5) is 4.39 Å². The second-order valence-electron chi connectivity index (χ2n) is 7.23. The number of nitrogens with one attached hydrogen (secondary N) is 1. The number of nitrogens with zero attached hydrogens (tertiary/aromatic N) is 4. The summed E-state index contributed by atoms with van der Waals surface area (Å²) in [5.41, 5.74) is -1.40. The Morgan fingerprint density at radius 2 is 2.17 bits per heavy atom. The number of halogens is 2. The number of amides is 2. The monoisotopic (exact) mass is 435 g/mol. The summed E-state index contributed by atoms with van der Waals surface area (Å²) in [4.78, 5) is 43.1. The predicted molar refractivity (Wildman–Crippen MR) is 106 cm³/mol. The number of pyridine rings is 2. The van der Waals surface area contributed by atoms with E-state index in [1.165, 1.54) is 28.0 Å². The van der Waals surface area contributed by atoms with Crippen molar-refractivity contribution >= 4 is 23.4 Å². The number of piperidine rings is 1. The molecule has 11 heteroatoms. The van der Waals surface area contributed by atoms with E-state index in [2.05, 4.69) is 10.3 Å². The van der Waals surface area contributed by atoms with Gasteiger partial charge in [0.1, 0.15) is 11.7 Å². The van der Waals surface area contributed by atoms with E-state index in [-0.39, 0.29) is 34.7 Å². The molecule has 2 N–H and O–H groups in total. The van der Waals surface area contributed by atoms with Gasteiger partial charge in [-0.15, -0.1) is 0 Å². The van der Waals surface area contributed by atoms with Gasteiger partial charge in [0, 0.05) is 38.1 Å². The van der Waals surface area contributed by atoms with Crippen LogP contribution in [-0.2, 0) is 6.54 Å². The molecule has 158 valence electrons. The zero-order valence-electron chi connectivity index (χ0n) is 16.1. The van der Waals surface area contributed by atoms with Crippen molar-refractivity contribution in [1.29, 1.82) is 0 Å². The van der Waals surface area contributed by atoms with Crippen molar-refractivity contribution in [3.8, 4) is 5.75 Å². The van der Waals surface area contributed by atoms with Crippen LogP contribution in [0.25, 0.3) is 0 Å². The summed E-state index contributed by atoms with van der Waals surface area (Å²) < 4.78 is 15.4. The molecule has 0 unspecified atom stereocenters. The number of hydrogen-bond acceptors (Lipinski definition) is 6. The van der Waals surface area contributed by atoms with Crippen molar-refractivity contribution in [2.45, 2.75) is 32.0 Å².